The number of sulfone groups is 2. The number of thiazole rings is 5. The molecule has 11 aromatic rings. The molecule has 0 bridgehead atoms. The van der Waals surface area contributed by atoms with Gasteiger partial charge in [0, 0.05) is 103 Å². The van der Waals surface area contributed by atoms with E-state index in [2.05, 4.69) is 95.0 Å². The second-order valence-electron chi connectivity index (χ2n) is 37.3. The molecule has 0 radical (unpaired) electrons. The van der Waals surface area contributed by atoms with Gasteiger partial charge in [-0.2, -0.15) is 0 Å². The van der Waals surface area contributed by atoms with Gasteiger partial charge in [-0.05, 0) is 150 Å². The van der Waals surface area contributed by atoms with Crippen LogP contribution in [-0.2, 0) is 124 Å². The van der Waals surface area contributed by atoms with Crippen LogP contribution in [-0.4, -0.2) is 206 Å². The monoisotopic (exact) mass is 2190 g/mol. The number of aliphatic carboxylic acids is 1. The van der Waals surface area contributed by atoms with Crippen LogP contribution in [0.3, 0.4) is 0 Å². The Morgan fingerprint density at radius 1 is 0.493 bits per heavy atom. The molecule has 0 spiro atoms. The van der Waals surface area contributed by atoms with Crippen LogP contribution in [0.15, 0.2) is 228 Å². The summed E-state index contributed by atoms with van der Waals surface area (Å²) in [7, 11) is -3.76. The van der Waals surface area contributed by atoms with Gasteiger partial charge in [0.05, 0.1) is 70.6 Å². The molecule has 5 aromatic heterocycles. The summed E-state index contributed by atoms with van der Waals surface area (Å²) in [6.07, 6.45) is 10.6. The maximum absolute atomic E-state index is 14.0. The summed E-state index contributed by atoms with van der Waals surface area (Å²) < 4.78 is 72.6. The van der Waals surface area contributed by atoms with E-state index in [1.807, 2.05) is 184 Å². The lowest BCUT2D eigenvalue weighted by atomic mass is 9.86. The van der Waals surface area contributed by atoms with Gasteiger partial charge in [-0.3, -0.25) is 44.5 Å². The quantitative estimate of drug-likeness (QED) is 0.0175. The van der Waals surface area contributed by atoms with Crippen molar-refractivity contribution in [3.8, 4) is 0 Å². The van der Waals surface area contributed by atoms with Gasteiger partial charge in [0.2, 0.25) is 0 Å². The molecule has 790 valence electrons. The Labute approximate surface area is 894 Å². The number of alkyl carbamates (subject to hydrolysis) is 3. The number of hydrogen-bond donors (Lipinski definition) is 7. The van der Waals surface area contributed by atoms with E-state index in [1.165, 1.54) is 71.3 Å². The minimum atomic E-state index is -3.66. The first-order valence-corrected chi connectivity index (χ1v) is 57.2. The van der Waals surface area contributed by atoms with Gasteiger partial charge in [-0.15, -0.1) is 93.3 Å². The number of carbonyl (C=O) groups is 8. The number of rotatable bonds is 43. The smallest absolute Gasteiger partial charge is 0.411 e. The van der Waals surface area contributed by atoms with E-state index < -0.39 is 97.0 Å². The largest absolute Gasteiger partial charge is 0.480 e. The highest BCUT2D eigenvalue weighted by Crippen LogP contribution is 2.32. The summed E-state index contributed by atoms with van der Waals surface area (Å²) >= 11 is 9.17. The minimum Gasteiger partial charge on any atom is -0.480 e. The van der Waals surface area contributed by atoms with Crippen LogP contribution in [0.5, 0.6) is 0 Å². The molecule has 146 heavy (non-hydrogen) atoms. The fraction of sp³-hybridized carbons (Fsp3) is 0.438. The second kappa shape index (κ2) is 62.6. The van der Waals surface area contributed by atoms with E-state index in [1.54, 1.807) is 86.0 Å². The SMILES string of the molecule is CC(C)(C)OC(=O)N1CS(=O)(=O)C[C@H]1C(=O)C[C@H](CC[C@H](Cc1ccccc1)NC(=O)OCc1cncs1)Cc1ccccc1.CC(C)c1nc(CN(C)C(=O)N2CS(=O)(=O)C[C@H]2C(=O)C[C@H](CC[C@H](Cc2ccccc2)NC(=O)OCc2cncs2)Cc2ccccc2)cs1.CNCc1csc(C(C)C)n1.Cl.Cl.N[C@H](CC[C@H](Cc1ccccc1)NC(=O)OCc1cncs1)Cc1ccccc1.O=C(O)[C@@H]1CSCN1. The Hall–Kier alpha value is -10.7. The zero-order chi connectivity index (χ0) is 103. The Morgan fingerprint density at radius 2 is 0.842 bits per heavy atom. The third-order valence-corrected chi connectivity index (χ3v) is 31.9. The van der Waals surface area contributed by atoms with E-state index in [0.717, 1.165) is 96.3 Å². The number of urea groups is 1. The highest BCUT2D eigenvalue weighted by Gasteiger charge is 2.46. The summed E-state index contributed by atoms with van der Waals surface area (Å²) in [4.78, 5) is 130. The molecule has 14 rings (SSSR count). The number of thioether (sulfide) groups is 1. The Balaban J connectivity index is 0.000000248. The number of ether oxygens (including phenoxy) is 4. The fourth-order valence-electron chi connectivity index (χ4n) is 16.1. The molecule has 41 heteroatoms. The summed E-state index contributed by atoms with van der Waals surface area (Å²) in [6.45, 7) is 15.1. The molecule has 0 unspecified atom stereocenters. The van der Waals surface area contributed by atoms with Crippen molar-refractivity contribution in [3.63, 3.8) is 0 Å². The van der Waals surface area contributed by atoms with E-state index in [-0.39, 0.29) is 124 Å². The maximum atomic E-state index is 14.0. The standard InChI is InChI=1S/C37H45N5O6S3.C33H41N3O7S2.C23H27N3O2S.C8H14N2S.C4H7NO2S.2ClH/c1-26(2)35-39-31(22-49-35)20-41(3)37(45)42-25-51(46,47)23-33(42)34(43)18-29(16-27-10-6-4-7-11-27)14-15-30(17-28-12-8-5-9-13-28)40-36(44)48-21-32-19-38-24-50-32;1-33(2,3)43-32(39)36-23-45(40,41)21-29(36)30(37)18-26(16-24-10-6-4-7-11-24)14-15-27(17-25-12-8-5-9-13-25)35-31(38)42-20-28-19-34-22-44-28;24-20(13-18-7-3-1-4-8-18)11-12-21(14-19-9-5-2-6-10-19)26-23(27)28-16-22-15-25-17-29-22;1-6(2)8-10-7(4-9-3)5-11-8;6-4(7)3-1-8-2-5-3;;/h4-13,19,22,24,26,29-30,33H,14-18,20-21,23,25H2,1-3H3,(H,40,44);4-13,19,22,26-27,29H,14-18,20-21,23H2,1-3H3,(H,35,38);1-10,15,17,20-21H,11-14,16,24H2,(H,26,27);5-6,9H,4H2,1-3H3;3,5H,1-2H2,(H,6,7);2*1H/t29-,30-,33+;26-,27-,29+;20-,21-;;3-;;/m111.0../s1. The number of amides is 6. The van der Waals surface area contributed by atoms with Gasteiger partial charge in [-0.1, -0.05) is 210 Å². The number of nitrogens with one attached hydrogen (secondary N) is 5. The number of nitrogens with zero attached hydrogens (tertiary/aromatic N) is 8. The zero-order valence-electron chi connectivity index (χ0n) is 83.7. The van der Waals surface area contributed by atoms with Gasteiger partial charge in [-0.25, -0.2) is 50.8 Å². The van der Waals surface area contributed by atoms with Crippen molar-refractivity contribution in [2.75, 3.05) is 49.0 Å². The Bertz CT molecular complexity index is 5930. The van der Waals surface area contributed by atoms with Gasteiger partial charge < -0.3 is 56.0 Å². The predicted octanol–water partition coefficient (Wildman–Crippen LogP) is 18.9. The summed E-state index contributed by atoms with van der Waals surface area (Å²) in [5.41, 5.74) is 19.1. The number of carboxylic acids is 1. The van der Waals surface area contributed by atoms with Gasteiger partial charge in [0.15, 0.2) is 31.2 Å². The summed E-state index contributed by atoms with van der Waals surface area (Å²) in [5, 5.41) is 29.5. The van der Waals surface area contributed by atoms with Crippen molar-refractivity contribution in [2.24, 2.45) is 17.6 Å². The molecular formula is C105H136Cl2N14O17S8. The van der Waals surface area contributed by atoms with E-state index in [0.29, 0.717) is 63.0 Å². The number of ketones is 2. The van der Waals surface area contributed by atoms with Gasteiger partial charge in [0.25, 0.3) is 0 Å². The number of carbonyl (C=O) groups excluding carboxylic acids is 7. The number of benzene rings is 6. The topological polar surface area (TPSA) is 422 Å². The first-order chi connectivity index (χ1) is 69.0. The van der Waals surface area contributed by atoms with Crippen LogP contribution < -0.4 is 32.3 Å². The predicted molar refractivity (Wildman–Crippen MR) is 584 cm³/mol. The molecule has 9 atom stereocenters. The van der Waals surface area contributed by atoms with Crippen LogP contribution >= 0.6 is 93.3 Å². The molecule has 3 fully saturated rings. The number of hydrogen-bond acceptors (Lipinski definition) is 30. The molecule has 3 aliphatic heterocycles. The number of Topliss-reactive ketones (excluding diaryl/α,β-unsaturated/α-hetero) is 2. The Kier molecular flexibility index (Phi) is 51.7. The fourth-order valence-corrected chi connectivity index (χ4v) is 23.6. The first-order valence-electron chi connectivity index (χ1n) is 48.0. The van der Waals surface area contributed by atoms with E-state index >= 15 is 0 Å². The molecule has 0 saturated carbocycles. The first kappa shape index (κ1) is 121. The van der Waals surface area contributed by atoms with Crippen LogP contribution in [0.4, 0.5) is 24.0 Å². The van der Waals surface area contributed by atoms with Crippen molar-refractivity contribution in [3.05, 3.63) is 297 Å². The maximum Gasteiger partial charge on any atom is 0.411 e. The summed E-state index contributed by atoms with van der Waals surface area (Å²) in [6, 6.07) is 56.1. The average molecular weight is 2190 g/mol. The van der Waals surface area contributed by atoms with Crippen molar-refractivity contribution in [2.45, 2.75) is 231 Å². The van der Waals surface area contributed by atoms with Gasteiger partial charge in [0.1, 0.15) is 55.3 Å². The lowest BCUT2D eigenvalue weighted by Gasteiger charge is -2.28. The zero-order valence-corrected chi connectivity index (χ0v) is 91.8. The lowest BCUT2D eigenvalue weighted by Crippen LogP contribution is -2.47. The molecule has 3 saturated heterocycles. The molecule has 31 nitrogen and oxygen atoms in total. The van der Waals surface area contributed by atoms with Crippen LogP contribution in [0.1, 0.15) is 181 Å². The number of halogens is 2. The molecule has 8 N–H and O–H groups in total. The average Bonchev–Trinajstić information content (AvgIpc) is 1.64. The van der Waals surface area contributed by atoms with Crippen LogP contribution in [0.2, 0.25) is 0 Å². The number of carboxylic acid groups (broad SMARTS) is 1. The lowest BCUT2D eigenvalue weighted by molar-refractivity contribution is -0.138. The van der Waals surface area contributed by atoms with Crippen molar-refractivity contribution < 1.29 is 79.2 Å². The van der Waals surface area contributed by atoms with Crippen LogP contribution in [0, 0.1) is 11.8 Å². The third kappa shape index (κ3) is 44.4. The molecule has 6 aromatic carbocycles. The Morgan fingerprint density at radius 3 is 1.17 bits per heavy atom. The van der Waals surface area contributed by atoms with E-state index in [9.17, 15) is 55.2 Å². The molecule has 3 aliphatic rings. The van der Waals surface area contributed by atoms with Crippen LogP contribution in [0.25, 0.3) is 0 Å². The summed E-state index contributed by atoms with van der Waals surface area (Å²) in [5.74, 6) is -1.27. The highest BCUT2D eigenvalue weighted by molar-refractivity contribution is 7.99. The number of nitrogens with two attached hydrogens (primary N) is 1. The normalized spacial score (nSPS) is 16.0. The molecular weight excluding hydrogens is 2060 g/mol. The minimum absolute atomic E-state index is 0. The van der Waals surface area contributed by atoms with Crippen molar-refractivity contribution in [1.82, 2.24) is 66.2 Å². The van der Waals surface area contributed by atoms with Crippen molar-refractivity contribution in [1.29, 1.82) is 0 Å². The second-order valence-corrected chi connectivity index (χ2v) is 47.2. The van der Waals surface area contributed by atoms with Crippen molar-refractivity contribution >= 4 is 161 Å². The molecule has 0 aliphatic carbocycles. The number of aromatic nitrogens is 5. The third-order valence-electron chi connectivity index (χ3n) is 23.3. The molecule has 8 heterocycles. The van der Waals surface area contributed by atoms with E-state index in [4.69, 9.17) is 29.8 Å². The molecule has 6 amide bonds. The highest BCUT2D eigenvalue weighted by atomic mass is 35.5. The van der Waals surface area contributed by atoms with Gasteiger partial charge >= 0.3 is 36.4 Å².